The standard InChI is InChI=1S/C15H21NO4/c1-16(9-5-8-14(17)19-2)11-12-6-4-7-13(10-12)15(18)20-3/h4,6-7,10H,5,8-9,11H2,1-3H3. The molecule has 0 spiro atoms. The van der Waals surface area contributed by atoms with Gasteiger partial charge in [-0.05, 0) is 37.7 Å². The molecule has 0 saturated heterocycles. The molecule has 0 saturated carbocycles. The van der Waals surface area contributed by atoms with Crippen LogP contribution in [0.1, 0.15) is 28.8 Å². The second kappa shape index (κ2) is 8.32. The van der Waals surface area contributed by atoms with Gasteiger partial charge in [0.25, 0.3) is 0 Å². The maximum Gasteiger partial charge on any atom is 0.337 e. The number of carbonyl (C=O) groups is 2. The third-order valence-corrected chi connectivity index (χ3v) is 2.95. The predicted octanol–water partition coefficient (Wildman–Crippen LogP) is 1.86. The molecular formula is C15H21NO4. The van der Waals surface area contributed by atoms with Gasteiger partial charge in [0.05, 0.1) is 19.8 Å². The molecule has 5 nitrogen and oxygen atoms in total. The first kappa shape index (κ1) is 16.2. The van der Waals surface area contributed by atoms with Gasteiger partial charge in [0.2, 0.25) is 0 Å². The van der Waals surface area contributed by atoms with Gasteiger partial charge in [-0.1, -0.05) is 12.1 Å². The van der Waals surface area contributed by atoms with Crippen molar-refractivity contribution in [3.8, 4) is 0 Å². The van der Waals surface area contributed by atoms with Gasteiger partial charge < -0.3 is 14.4 Å². The van der Waals surface area contributed by atoms with E-state index in [-0.39, 0.29) is 11.9 Å². The zero-order valence-electron chi connectivity index (χ0n) is 12.2. The third-order valence-electron chi connectivity index (χ3n) is 2.95. The highest BCUT2D eigenvalue weighted by Gasteiger charge is 2.07. The number of carbonyl (C=O) groups excluding carboxylic acids is 2. The van der Waals surface area contributed by atoms with Crippen LogP contribution in [0.3, 0.4) is 0 Å². The Morgan fingerprint density at radius 1 is 1.20 bits per heavy atom. The van der Waals surface area contributed by atoms with E-state index in [0.717, 1.165) is 18.5 Å². The summed E-state index contributed by atoms with van der Waals surface area (Å²) in [7, 11) is 4.74. The van der Waals surface area contributed by atoms with Gasteiger partial charge in [-0.3, -0.25) is 4.79 Å². The largest absolute Gasteiger partial charge is 0.469 e. The van der Waals surface area contributed by atoms with E-state index < -0.39 is 0 Å². The van der Waals surface area contributed by atoms with E-state index in [1.54, 1.807) is 6.07 Å². The lowest BCUT2D eigenvalue weighted by molar-refractivity contribution is -0.140. The fourth-order valence-corrected chi connectivity index (χ4v) is 1.90. The van der Waals surface area contributed by atoms with Gasteiger partial charge in [-0.25, -0.2) is 4.79 Å². The Hall–Kier alpha value is -1.88. The van der Waals surface area contributed by atoms with Crippen LogP contribution >= 0.6 is 0 Å². The molecular weight excluding hydrogens is 258 g/mol. The summed E-state index contributed by atoms with van der Waals surface area (Å²) < 4.78 is 9.29. The van der Waals surface area contributed by atoms with Crippen molar-refractivity contribution in [2.24, 2.45) is 0 Å². The second-order valence-electron chi connectivity index (χ2n) is 4.61. The molecule has 0 atom stereocenters. The quantitative estimate of drug-likeness (QED) is 0.713. The van der Waals surface area contributed by atoms with Gasteiger partial charge >= 0.3 is 11.9 Å². The molecule has 0 radical (unpaired) electrons. The molecule has 0 N–H and O–H groups in total. The summed E-state index contributed by atoms with van der Waals surface area (Å²) in [6.07, 6.45) is 1.17. The lowest BCUT2D eigenvalue weighted by Crippen LogP contribution is -2.20. The van der Waals surface area contributed by atoms with Crippen molar-refractivity contribution in [1.29, 1.82) is 0 Å². The smallest absolute Gasteiger partial charge is 0.337 e. The summed E-state index contributed by atoms with van der Waals surface area (Å²) in [5.74, 6) is -0.522. The zero-order chi connectivity index (χ0) is 15.0. The molecule has 1 aromatic carbocycles. The van der Waals surface area contributed by atoms with E-state index >= 15 is 0 Å². The van der Waals surface area contributed by atoms with Gasteiger partial charge in [0, 0.05) is 13.0 Å². The normalized spacial score (nSPS) is 10.4. The van der Waals surface area contributed by atoms with Crippen LogP contribution in [-0.2, 0) is 20.8 Å². The number of ether oxygens (including phenoxy) is 2. The SMILES string of the molecule is COC(=O)CCCN(C)Cc1cccc(C(=O)OC)c1. The average Bonchev–Trinajstić information content (AvgIpc) is 2.46. The van der Waals surface area contributed by atoms with Crippen molar-refractivity contribution >= 4 is 11.9 Å². The molecule has 0 amide bonds. The first-order valence-corrected chi connectivity index (χ1v) is 6.49. The van der Waals surface area contributed by atoms with E-state index in [2.05, 4.69) is 9.64 Å². The predicted molar refractivity (Wildman–Crippen MR) is 75.4 cm³/mol. The number of rotatable bonds is 7. The van der Waals surface area contributed by atoms with Gasteiger partial charge in [0.1, 0.15) is 0 Å². The maximum absolute atomic E-state index is 11.4. The Kier molecular flexibility index (Phi) is 6.73. The Morgan fingerprint density at radius 3 is 2.60 bits per heavy atom. The van der Waals surface area contributed by atoms with E-state index in [4.69, 9.17) is 4.74 Å². The molecule has 20 heavy (non-hydrogen) atoms. The molecule has 0 unspecified atom stereocenters. The van der Waals surface area contributed by atoms with Gasteiger partial charge in [0.15, 0.2) is 0 Å². The van der Waals surface area contributed by atoms with Crippen molar-refractivity contribution in [2.45, 2.75) is 19.4 Å². The van der Waals surface area contributed by atoms with E-state index in [1.807, 2.05) is 25.2 Å². The van der Waals surface area contributed by atoms with Crippen LogP contribution in [0.4, 0.5) is 0 Å². The van der Waals surface area contributed by atoms with Crippen molar-refractivity contribution in [3.05, 3.63) is 35.4 Å². The van der Waals surface area contributed by atoms with Crippen LogP contribution < -0.4 is 0 Å². The second-order valence-corrected chi connectivity index (χ2v) is 4.61. The fraction of sp³-hybridized carbons (Fsp3) is 0.467. The van der Waals surface area contributed by atoms with Gasteiger partial charge in [-0.2, -0.15) is 0 Å². The molecule has 110 valence electrons. The lowest BCUT2D eigenvalue weighted by atomic mass is 10.1. The molecule has 1 aromatic rings. The summed E-state index contributed by atoms with van der Waals surface area (Å²) in [5.41, 5.74) is 1.58. The molecule has 0 aliphatic heterocycles. The number of nitrogens with zero attached hydrogens (tertiary/aromatic N) is 1. The van der Waals surface area contributed by atoms with E-state index in [9.17, 15) is 9.59 Å². The summed E-state index contributed by atoms with van der Waals surface area (Å²) in [6.45, 7) is 1.50. The Balaban J connectivity index is 2.47. The fourth-order valence-electron chi connectivity index (χ4n) is 1.90. The van der Waals surface area contributed by atoms with Crippen molar-refractivity contribution < 1.29 is 19.1 Å². The highest BCUT2D eigenvalue weighted by atomic mass is 16.5. The number of hydrogen-bond donors (Lipinski definition) is 0. The van der Waals surface area contributed by atoms with Crippen LogP contribution in [0.15, 0.2) is 24.3 Å². The maximum atomic E-state index is 11.4. The summed E-state index contributed by atoms with van der Waals surface area (Å²) in [6, 6.07) is 7.35. The molecule has 5 heteroatoms. The molecule has 0 bridgehead atoms. The van der Waals surface area contributed by atoms with Crippen LogP contribution in [0.2, 0.25) is 0 Å². The number of benzene rings is 1. The van der Waals surface area contributed by atoms with Crippen molar-refractivity contribution in [3.63, 3.8) is 0 Å². The highest BCUT2D eigenvalue weighted by Crippen LogP contribution is 2.09. The molecule has 1 rings (SSSR count). The van der Waals surface area contributed by atoms with E-state index in [1.165, 1.54) is 14.2 Å². The van der Waals surface area contributed by atoms with Crippen molar-refractivity contribution in [2.75, 3.05) is 27.8 Å². The number of methoxy groups -OCH3 is 2. The molecule has 0 fully saturated rings. The molecule has 0 aromatic heterocycles. The summed E-state index contributed by atoms with van der Waals surface area (Å²) in [4.78, 5) is 24.6. The van der Waals surface area contributed by atoms with Crippen molar-refractivity contribution in [1.82, 2.24) is 4.90 Å². The first-order chi connectivity index (χ1) is 9.56. The van der Waals surface area contributed by atoms with E-state index in [0.29, 0.717) is 18.5 Å². The molecule has 0 aliphatic rings. The average molecular weight is 279 g/mol. The third kappa shape index (κ3) is 5.40. The first-order valence-electron chi connectivity index (χ1n) is 6.49. The van der Waals surface area contributed by atoms with Gasteiger partial charge in [-0.15, -0.1) is 0 Å². The Morgan fingerprint density at radius 2 is 1.95 bits per heavy atom. The number of esters is 2. The summed E-state index contributed by atoms with van der Waals surface area (Å²) >= 11 is 0. The minimum absolute atomic E-state index is 0.189. The minimum Gasteiger partial charge on any atom is -0.469 e. The topological polar surface area (TPSA) is 55.8 Å². The molecule has 0 aliphatic carbocycles. The van der Waals surface area contributed by atoms with Crippen LogP contribution in [-0.4, -0.2) is 44.7 Å². The Bertz CT molecular complexity index is 459. The summed E-state index contributed by atoms with van der Waals surface area (Å²) in [5, 5.41) is 0. The van der Waals surface area contributed by atoms with Crippen LogP contribution in [0.25, 0.3) is 0 Å². The Labute approximate surface area is 119 Å². The minimum atomic E-state index is -0.333. The number of hydrogen-bond acceptors (Lipinski definition) is 5. The highest BCUT2D eigenvalue weighted by molar-refractivity contribution is 5.89. The lowest BCUT2D eigenvalue weighted by Gasteiger charge is -2.16. The van der Waals surface area contributed by atoms with Crippen LogP contribution in [0.5, 0.6) is 0 Å². The zero-order valence-corrected chi connectivity index (χ0v) is 12.2. The monoisotopic (exact) mass is 279 g/mol. The van der Waals surface area contributed by atoms with Crippen LogP contribution in [0, 0.1) is 0 Å². The molecule has 0 heterocycles.